The first-order valence-electron chi connectivity index (χ1n) is 6.37. The zero-order valence-electron chi connectivity index (χ0n) is 10.7. The number of aliphatic hydroxyl groups is 1. The molecule has 17 heavy (non-hydrogen) atoms. The summed E-state index contributed by atoms with van der Waals surface area (Å²) in [7, 11) is 4.04. The SMILES string of the molecule is CN(C)c1ccc(C(O)C2CCCCN2)cc1. The number of anilines is 1. The summed E-state index contributed by atoms with van der Waals surface area (Å²) in [6.07, 6.45) is 3.12. The third kappa shape index (κ3) is 2.99. The highest BCUT2D eigenvalue weighted by molar-refractivity contribution is 5.46. The fraction of sp³-hybridized carbons (Fsp3) is 0.571. The van der Waals surface area contributed by atoms with Crippen molar-refractivity contribution in [3.05, 3.63) is 29.8 Å². The first kappa shape index (κ1) is 12.4. The Bertz CT molecular complexity index is 342. The molecule has 0 bridgehead atoms. The van der Waals surface area contributed by atoms with Crippen LogP contribution in [-0.4, -0.2) is 31.8 Å². The second-order valence-electron chi connectivity index (χ2n) is 4.99. The van der Waals surface area contributed by atoms with Crippen LogP contribution in [0, 0.1) is 0 Å². The molecule has 1 aliphatic rings. The van der Waals surface area contributed by atoms with E-state index in [1.807, 2.05) is 26.2 Å². The molecule has 0 spiro atoms. The van der Waals surface area contributed by atoms with Gasteiger partial charge in [-0.05, 0) is 37.1 Å². The van der Waals surface area contributed by atoms with Gasteiger partial charge in [-0.25, -0.2) is 0 Å². The number of rotatable bonds is 3. The molecule has 2 N–H and O–H groups in total. The van der Waals surface area contributed by atoms with Crippen molar-refractivity contribution in [1.29, 1.82) is 0 Å². The maximum absolute atomic E-state index is 10.3. The van der Waals surface area contributed by atoms with Crippen molar-refractivity contribution < 1.29 is 5.11 Å². The molecule has 0 aliphatic carbocycles. The van der Waals surface area contributed by atoms with Gasteiger partial charge >= 0.3 is 0 Å². The van der Waals surface area contributed by atoms with Crippen LogP contribution in [0.1, 0.15) is 30.9 Å². The van der Waals surface area contributed by atoms with E-state index in [2.05, 4.69) is 22.3 Å². The summed E-state index contributed by atoms with van der Waals surface area (Å²) < 4.78 is 0. The zero-order chi connectivity index (χ0) is 12.3. The average molecular weight is 234 g/mol. The van der Waals surface area contributed by atoms with E-state index in [1.165, 1.54) is 12.8 Å². The van der Waals surface area contributed by atoms with Crippen molar-refractivity contribution in [3.8, 4) is 0 Å². The van der Waals surface area contributed by atoms with Crippen LogP contribution in [0.25, 0.3) is 0 Å². The molecule has 1 saturated heterocycles. The summed E-state index contributed by atoms with van der Waals surface area (Å²) >= 11 is 0. The lowest BCUT2D eigenvalue weighted by atomic mass is 9.95. The second-order valence-corrected chi connectivity index (χ2v) is 4.99. The van der Waals surface area contributed by atoms with Crippen LogP contribution in [0.2, 0.25) is 0 Å². The normalized spacial score (nSPS) is 22.2. The van der Waals surface area contributed by atoms with Crippen molar-refractivity contribution in [1.82, 2.24) is 5.32 Å². The molecule has 0 amide bonds. The lowest BCUT2D eigenvalue weighted by molar-refractivity contribution is 0.114. The second kappa shape index (κ2) is 5.52. The Labute approximate surface area is 103 Å². The Morgan fingerprint density at radius 1 is 1.24 bits per heavy atom. The highest BCUT2D eigenvalue weighted by atomic mass is 16.3. The number of hydrogen-bond acceptors (Lipinski definition) is 3. The van der Waals surface area contributed by atoms with Gasteiger partial charge in [-0.1, -0.05) is 18.6 Å². The standard InChI is InChI=1S/C14H22N2O/c1-16(2)12-8-6-11(7-9-12)14(17)13-5-3-4-10-15-13/h6-9,13-15,17H,3-5,10H2,1-2H3. The Balaban J connectivity index is 2.05. The Morgan fingerprint density at radius 2 is 1.94 bits per heavy atom. The molecule has 1 aliphatic heterocycles. The van der Waals surface area contributed by atoms with Crippen LogP contribution < -0.4 is 10.2 Å². The summed E-state index contributed by atoms with van der Waals surface area (Å²) in [5.41, 5.74) is 2.17. The molecule has 1 aromatic carbocycles. The molecule has 0 radical (unpaired) electrons. The lowest BCUT2D eigenvalue weighted by Crippen LogP contribution is -2.38. The molecule has 1 aromatic rings. The summed E-state index contributed by atoms with van der Waals surface area (Å²) in [5, 5.41) is 13.7. The molecule has 2 atom stereocenters. The van der Waals surface area contributed by atoms with Crippen LogP contribution >= 0.6 is 0 Å². The summed E-state index contributed by atoms with van der Waals surface area (Å²) in [6.45, 7) is 1.03. The molecule has 2 rings (SSSR count). The van der Waals surface area contributed by atoms with Gasteiger partial charge in [0.15, 0.2) is 0 Å². The van der Waals surface area contributed by atoms with Crippen LogP contribution in [0.15, 0.2) is 24.3 Å². The quantitative estimate of drug-likeness (QED) is 0.839. The van der Waals surface area contributed by atoms with Gasteiger partial charge in [0.25, 0.3) is 0 Å². The zero-order valence-corrected chi connectivity index (χ0v) is 10.7. The number of benzene rings is 1. The van der Waals surface area contributed by atoms with Crippen molar-refractivity contribution in [3.63, 3.8) is 0 Å². The monoisotopic (exact) mass is 234 g/mol. The van der Waals surface area contributed by atoms with E-state index in [-0.39, 0.29) is 12.1 Å². The minimum absolute atomic E-state index is 0.217. The maximum Gasteiger partial charge on any atom is 0.0942 e. The Kier molecular flexibility index (Phi) is 4.02. The van der Waals surface area contributed by atoms with Gasteiger partial charge in [-0.15, -0.1) is 0 Å². The van der Waals surface area contributed by atoms with Gasteiger partial charge in [0.1, 0.15) is 0 Å². The molecule has 94 valence electrons. The molecule has 0 aromatic heterocycles. The number of piperidine rings is 1. The Hall–Kier alpha value is -1.06. The van der Waals surface area contributed by atoms with Crippen LogP contribution in [0.3, 0.4) is 0 Å². The van der Waals surface area contributed by atoms with Crippen LogP contribution in [0.4, 0.5) is 5.69 Å². The molecule has 3 nitrogen and oxygen atoms in total. The third-order valence-electron chi connectivity index (χ3n) is 3.48. The summed E-state index contributed by atoms with van der Waals surface area (Å²) in [5.74, 6) is 0. The predicted molar refractivity (Wildman–Crippen MR) is 71.4 cm³/mol. The molecule has 2 unspecified atom stereocenters. The number of nitrogens with zero attached hydrogens (tertiary/aromatic N) is 1. The van der Waals surface area contributed by atoms with Gasteiger partial charge in [0, 0.05) is 25.8 Å². The van der Waals surface area contributed by atoms with E-state index in [0.717, 1.165) is 24.2 Å². The van der Waals surface area contributed by atoms with E-state index in [0.29, 0.717) is 0 Å². The summed E-state index contributed by atoms with van der Waals surface area (Å²) in [6, 6.07) is 8.38. The first-order chi connectivity index (χ1) is 8.18. The van der Waals surface area contributed by atoms with E-state index >= 15 is 0 Å². The largest absolute Gasteiger partial charge is 0.387 e. The van der Waals surface area contributed by atoms with E-state index < -0.39 is 0 Å². The minimum Gasteiger partial charge on any atom is -0.387 e. The van der Waals surface area contributed by atoms with Gasteiger partial charge in [-0.3, -0.25) is 0 Å². The van der Waals surface area contributed by atoms with Crippen molar-refractivity contribution >= 4 is 5.69 Å². The first-order valence-corrected chi connectivity index (χ1v) is 6.37. The molecule has 0 saturated carbocycles. The van der Waals surface area contributed by atoms with Crippen molar-refractivity contribution in [2.45, 2.75) is 31.4 Å². The van der Waals surface area contributed by atoms with Crippen molar-refractivity contribution in [2.24, 2.45) is 0 Å². The van der Waals surface area contributed by atoms with E-state index in [1.54, 1.807) is 0 Å². The Morgan fingerprint density at radius 3 is 2.47 bits per heavy atom. The van der Waals surface area contributed by atoms with Crippen LogP contribution in [-0.2, 0) is 0 Å². The van der Waals surface area contributed by atoms with E-state index in [4.69, 9.17) is 0 Å². The molecule has 1 fully saturated rings. The molecular formula is C14H22N2O. The maximum atomic E-state index is 10.3. The van der Waals surface area contributed by atoms with Gasteiger partial charge < -0.3 is 15.3 Å². The van der Waals surface area contributed by atoms with Gasteiger partial charge in [0.2, 0.25) is 0 Å². The molecule has 3 heteroatoms. The smallest absolute Gasteiger partial charge is 0.0942 e. The predicted octanol–water partition coefficient (Wildman–Crippen LogP) is 1.93. The van der Waals surface area contributed by atoms with Crippen molar-refractivity contribution in [2.75, 3.05) is 25.5 Å². The van der Waals surface area contributed by atoms with Crippen LogP contribution in [0.5, 0.6) is 0 Å². The number of aliphatic hydroxyl groups excluding tert-OH is 1. The number of hydrogen-bond donors (Lipinski definition) is 2. The summed E-state index contributed by atoms with van der Waals surface area (Å²) in [4.78, 5) is 2.06. The van der Waals surface area contributed by atoms with Gasteiger partial charge in [-0.2, -0.15) is 0 Å². The average Bonchev–Trinajstić information content (AvgIpc) is 2.39. The lowest BCUT2D eigenvalue weighted by Gasteiger charge is -2.28. The highest BCUT2D eigenvalue weighted by Crippen LogP contribution is 2.24. The fourth-order valence-corrected chi connectivity index (χ4v) is 2.35. The molecular weight excluding hydrogens is 212 g/mol. The highest BCUT2D eigenvalue weighted by Gasteiger charge is 2.22. The fourth-order valence-electron chi connectivity index (χ4n) is 2.35. The third-order valence-corrected chi connectivity index (χ3v) is 3.48. The van der Waals surface area contributed by atoms with E-state index in [9.17, 15) is 5.11 Å². The minimum atomic E-state index is -0.383. The molecule has 1 heterocycles. The number of nitrogens with one attached hydrogen (secondary N) is 1. The topological polar surface area (TPSA) is 35.5 Å². The van der Waals surface area contributed by atoms with Gasteiger partial charge in [0.05, 0.1) is 6.10 Å².